The van der Waals surface area contributed by atoms with Crippen molar-refractivity contribution in [3.63, 3.8) is 0 Å². The number of aromatic hydroxyl groups is 1. The number of alkyl halides is 3. The van der Waals surface area contributed by atoms with E-state index in [0.29, 0.717) is 24.3 Å². The van der Waals surface area contributed by atoms with E-state index in [9.17, 15) is 23.4 Å². The third kappa shape index (κ3) is 4.65. The first-order valence-electron chi connectivity index (χ1n) is 9.96. The summed E-state index contributed by atoms with van der Waals surface area (Å²) in [6.07, 6.45) is -0.888. The number of phenols is 1. The number of aryl methyl sites for hydroxylation is 1. The van der Waals surface area contributed by atoms with Gasteiger partial charge in [-0.3, -0.25) is 4.90 Å². The van der Waals surface area contributed by atoms with Crippen LogP contribution >= 0.6 is 0 Å². The quantitative estimate of drug-likeness (QED) is 0.681. The van der Waals surface area contributed by atoms with Gasteiger partial charge in [0.1, 0.15) is 11.4 Å². The normalized spacial score (nSPS) is 21.4. The van der Waals surface area contributed by atoms with E-state index in [1.54, 1.807) is 6.92 Å². The van der Waals surface area contributed by atoms with Crippen LogP contribution < -0.4 is 5.32 Å². The van der Waals surface area contributed by atoms with Crippen molar-refractivity contribution in [2.45, 2.75) is 50.4 Å². The zero-order chi connectivity index (χ0) is 21.5. The van der Waals surface area contributed by atoms with E-state index >= 15 is 0 Å². The van der Waals surface area contributed by atoms with Crippen LogP contribution in [0.25, 0.3) is 11.3 Å². The van der Waals surface area contributed by atoms with Gasteiger partial charge in [0.25, 0.3) is 0 Å². The highest BCUT2D eigenvalue weighted by Gasteiger charge is 2.42. The number of piperidine rings is 1. The van der Waals surface area contributed by atoms with Gasteiger partial charge in [-0.15, -0.1) is 10.2 Å². The molecule has 2 fully saturated rings. The topological polar surface area (TPSA) is 94.4 Å². The third-order valence-corrected chi connectivity index (χ3v) is 5.63. The van der Waals surface area contributed by atoms with E-state index in [2.05, 4.69) is 25.4 Å². The minimum absolute atomic E-state index is 0.118. The maximum Gasteiger partial charge on any atom is 0.416 e. The number of halogens is 3. The van der Waals surface area contributed by atoms with Crippen LogP contribution in [-0.4, -0.2) is 61.6 Å². The molecule has 30 heavy (non-hydrogen) atoms. The Bertz CT molecular complexity index is 933. The Hall–Kier alpha value is -2.46. The van der Waals surface area contributed by atoms with E-state index in [-0.39, 0.29) is 17.3 Å². The standard InChI is InChI=1S/C20H24F3N5O2/c1-12-17(15-5-4-13(9-16(15)29)20(21,22)23)26-27-18(24-12)25-14-3-2-8-28(10-14)11-19(30)6-7-19/h4-5,9,14,29-30H,2-3,6-8,10-11H2,1H3,(H,24,25,27)/t14-/m1/s1. The number of nitrogens with one attached hydrogen (secondary N) is 1. The minimum Gasteiger partial charge on any atom is -0.507 e. The summed E-state index contributed by atoms with van der Waals surface area (Å²) in [5, 5.41) is 31.6. The molecule has 1 aliphatic carbocycles. The van der Waals surface area contributed by atoms with Gasteiger partial charge in [0.2, 0.25) is 5.95 Å². The molecule has 1 saturated carbocycles. The van der Waals surface area contributed by atoms with Crippen LogP contribution in [0.3, 0.4) is 0 Å². The van der Waals surface area contributed by atoms with Crippen molar-refractivity contribution in [2.24, 2.45) is 0 Å². The molecule has 1 aliphatic heterocycles. The van der Waals surface area contributed by atoms with Crippen molar-refractivity contribution in [3.05, 3.63) is 29.5 Å². The molecule has 2 aliphatic rings. The first-order valence-corrected chi connectivity index (χ1v) is 9.96. The second-order valence-electron chi connectivity index (χ2n) is 8.24. The highest BCUT2D eigenvalue weighted by Crippen LogP contribution is 2.37. The Balaban J connectivity index is 1.46. The van der Waals surface area contributed by atoms with Gasteiger partial charge < -0.3 is 15.5 Å². The molecule has 0 unspecified atom stereocenters. The fourth-order valence-corrected chi connectivity index (χ4v) is 3.84. The number of benzene rings is 1. The van der Waals surface area contributed by atoms with Crippen LogP contribution in [0.1, 0.15) is 36.9 Å². The lowest BCUT2D eigenvalue weighted by molar-refractivity contribution is -0.137. The molecule has 1 atom stereocenters. The molecule has 0 spiro atoms. The SMILES string of the molecule is Cc1nc(N[C@@H]2CCCN(CC3(O)CC3)C2)nnc1-c1ccc(C(F)(F)F)cc1O. The van der Waals surface area contributed by atoms with Crippen molar-refractivity contribution in [1.29, 1.82) is 0 Å². The van der Waals surface area contributed by atoms with Gasteiger partial charge in [-0.05, 0) is 57.4 Å². The number of hydrogen-bond donors (Lipinski definition) is 3. The lowest BCUT2D eigenvalue weighted by Gasteiger charge is -2.34. The second kappa shape index (κ2) is 7.66. The summed E-state index contributed by atoms with van der Waals surface area (Å²) in [6, 6.07) is 2.86. The van der Waals surface area contributed by atoms with E-state index in [1.165, 1.54) is 6.07 Å². The number of hydrogen-bond acceptors (Lipinski definition) is 7. The van der Waals surface area contributed by atoms with Gasteiger partial charge in [0.05, 0.1) is 16.9 Å². The number of rotatable bonds is 5. The number of phenolic OH excluding ortho intramolecular Hbond substituents is 1. The Morgan fingerprint density at radius 2 is 2.03 bits per heavy atom. The number of aliphatic hydroxyl groups is 1. The van der Waals surface area contributed by atoms with E-state index in [4.69, 9.17) is 0 Å². The molecule has 0 bridgehead atoms. The highest BCUT2D eigenvalue weighted by molar-refractivity contribution is 5.69. The molecule has 2 heterocycles. The third-order valence-electron chi connectivity index (χ3n) is 5.63. The fraction of sp³-hybridized carbons (Fsp3) is 0.550. The molecule has 0 radical (unpaired) electrons. The fourth-order valence-electron chi connectivity index (χ4n) is 3.84. The lowest BCUT2D eigenvalue weighted by atomic mass is 10.0. The van der Waals surface area contributed by atoms with E-state index in [1.807, 2.05) is 0 Å². The number of likely N-dealkylation sites (tertiary alicyclic amines) is 1. The van der Waals surface area contributed by atoms with Crippen LogP contribution in [0.15, 0.2) is 18.2 Å². The maximum atomic E-state index is 12.8. The van der Waals surface area contributed by atoms with Crippen LogP contribution in [0.2, 0.25) is 0 Å². The van der Waals surface area contributed by atoms with Crippen molar-refractivity contribution in [3.8, 4) is 17.0 Å². The predicted octanol–water partition coefficient (Wildman–Crippen LogP) is 2.97. The summed E-state index contributed by atoms with van der Waals surface area (Å²) in [6.45, 7) is 4.06. The highest BCUT2D eigenvalue weighted by atomic mass is 19.4. The zero-order valence-electron chi connectivity index (χ0n) is 16.6. The van der Waals surface area contributed by atoms with Gasteiger partial charge in [0, 0.05) is 24.7 Å². The number of nitrogens with zero attached hydrogens (tertiary/aromatic N) is 4. The molecule has 4 rings (SSSR count). The smallest absolute Gasteiger partial charge is 0.416 e. The maximum absolute atomic E-state index is 12.8. The average Bonchev–Trinajstić information content (AvgIpc) is 3.38. The number of aromatic nitrogens is 3. The molecule has 7 nitrogen and oxygen atoms in total. The summed E-state index contributed by atoms with van der Waals surface area (Å²) < 4.78 is 38.4. The van der Waals surface area contributed by atoms with Crippen LogP contribution in [0, 0.1) is 6.92 Å². The average molecular weight is 423 g/mol. The molecule has 3 N–H and O–H groups in total. The van der Waals surface area contributed by atoms with Crippen LogP contribution in [0.4, 0.5) is 19.1 Å². The summed E-state index contributed by atoms with van der Waals surface area (Å²) in [5.74, 6) is -0.190. The Kier molecular flexibility index (Phi) is 5.31. The van der Waals surface area contributed by atoms with Gasteiger partial charge in [-0.2, -0.15) is 13.2 Å². The molecule has 1 aromatic heterocycles. The molecular weight excluding hydrogens is 399 g/mol. The Labute approximate surface area is 172 Å². The van der Waals surface area contributed by atoms with Crippen molar-refractivity contribution in [1.82, 2.24) is 20.1 Å². The van der Waals surface area contributed by atoms with Gasteiger partial charge in [-0.25, -0.2) is 4.98 Å². The van der Waals surface area contributed by atoms with Crippen molar-refractivity contribution < 1.29 is 23.4 Å². The molecule has 1 aromatic carbocycles. The van der Waals surface area contributed by atoms with Gasteiger partial charge >= 0.3 is 6.18 Å². The number of β-amino-alcohol motifs (C(OH)–C–C–N with tert-alkyl or cyclic N) is 1. The molecule has 1 saturated heterocycles. The number of anilines is 1. The second-order valence-corrected chi connectivity index (χ2v) is 8.24. The van der Waals surface area contributed by atoms with Gasteiger partial charge in [-0.1, -0.05) is 0 Å². The van der Waals surface area contributed by atoms with E-state index < -0.39 is 23.1 Å². The minimum atomic E-state index is -4.54. The largest absolute Gasteiger partial charge is 0.507 e. The molecule has 0 amide bonds. The first kappa shape index (κ1) is 20.8. The predicted molar refractivity (Wildman–Crippen MR) is 104 cm³/mol. The first-order chi connectivity index (χ1) is 14.1. The Morgan fingerprint density at radius 3 is 2.67 bits per heavy atom. The Morgan fingerprint density at radius 1 is 1.27 bits per heavy atom. The molecule has 162 valence electrons. The van der Waals surface area contributed by atoms with E-state index in [0.717, 1.165) is 44.8 Å². The summed E-state index contributed by atoms with van der Waals surface area (Å²) >= 11 is 0. The molecule has 2 aromatic rings. The van der Waals surface area contributed by atoms with Crippen LogP contribution in [-0.2, 0) is 6.18 Å². The molecular formula is C20H24F3N5O2. The summed E-state index contributed by atoms with van der Waals surface area (Å²) in [4.78, 5) is 6.62. The zero-order valence-corrected chi connectivity index (χ0v) is 16.6. The summed E-state index contributed by atoms with van der Waals surface area (Å²) in [7, 11) is 0. The molecule has 10 heteroatoms. The van der Waals surface area contributed by atoms with Crippen LogP contribution in [0.5, 0.6) is 5.75 Å². The van der Waals surface area contributed by atoms with Crippen molar-refractivity contribution >= 4 is 5.95 Å². The van der Waals surface area contributed by atoms with Gasteiger partial charge in [0.15, 0.2) is 0 Å². The summed E-state index contributed by atoms with van der Waals surface area (Å²) in [5.41, 5.74) is -0.635. The van der Waals surface area contributed by atoms with Crippen molar-refractivity contribution in [2.75, 3.05) is 25.0 Å². The lowest BCUT2D eigenvalue weighted by Crippen LogP contribution is -2.45. The monoisotopic (exact) mass is 423 g/mol.